The molecule has 0 aliphatic carbocycles. The number of methoxy groups -OCH3 is 1. The number of aromatic nitrogens is 1. The van der Waals surface area contributed by atoms with Gasteiger partial charge in [-0.15, -0.1) is 0 Å². The highest BCUT2D eigenvalue weighted by molar-refractivity contribution is 5.93. The van der Waals surface area contributed by atoms with Gasteiger partial charge in [-0.1, -0.05) is 18.2 Å². The first-order valence-electron chi connectivity index (χ1n) is 9.71. The van der Waals surface area contributed by atoms with E-state index in [-0.39, 0.29) is 6.42 Å². The van der Waals surface area contributed by atoms with Gasteiger partial charge in [-0.3, -0.25) is 9.59 Å². The number of nitrogens with two attached hydrogens (primary N) is 1. The highest BCUT2D eigenvalue weighted by atomic mass is 16.6. The molecule has 0 aliphatic rings. The minimum Gasteiger partial charge on any atom is -0.467 e. The lowest BCUT2D eigenvalue weighted by Crippen LogP contribution is -2.54. The summed E-state index contributed by atoms with van der Waals surface area (Å²) >= 11 is 0. The van der Waals surface area contributed by atoms with Crippen molar-refractivity contribution in [1.82, 2.24) is 15.6 Å². The molecule has 10 heteroatoms. The molecule has 2 rings (SSSR count). The molecular formula is C21H28N4O6. The van der Waals surface area contributed by atoms with Gasteiger partial charge in [-0.2, -0.15) is 0 Å². The van der Waals surface area contributed by atoms with Crippen LogP contribution in [0.3, 0.4) is 0 Å². The minimum absolute atomic E-state index is 0.137. The van der Waals surface area contributed by atoms with Crippen molar-refractivity contribution in [2.24, 2.45) is 5.73 Å². The van der Waals surface area contributed by atoms with E-state index in [2.05, 4.69) is 15.6 Å². The number of alkyl carbamates (subject to hydrolysis) is 1. The molecule has 0 saturated carbocycles. The zero-order valence-electron chi connectivity index (χ0n) is 18.0. The first kappa shape index (κ1) is 23.7. The first-order valence-corrected chi connectivity index (χ1v) is 9.71. The summed E-state index contributed by atoms with van der Waals surface area (Å²) in [6, 6.07) is 5.14. The third-order valence-electron chi connectivity index (χ3n) is 4.31. The lowest BCUT2D eigenvalue weighted by Gasteiger charge is -2.24. The topological polar surface area (TPSA) is 153 Å². The van der Waals surface area contributed by atoms with Gasteiger partial charge in [0.05, 0.1) is 13.5 Å². The van der Waals surface area contributed by atoms with E-state index in [9.17, 15) is 19.2 Å². The number of benzene rings is 1. The highest BCUT2D eigenvalue weighted by Gasteiger charge is 2.30. The second kappa shape index (κ2) is 9.96. The molecule has 0 fully saturated rings. The quantitative estimate of drug-likeness (QED) is 0.459. The van der Waals surface area contributed by atoms with Crippen LogP contribution in [0.4, 0.5) is 4.79 Å². The van der Waals surface area contributed by atoms with Crippen LogP contribution in [-0.2, 0) is 30.3 Å². The number of para-hydroxylation sites is 1. The summed E-state index contributed by atoms with van der Waals surface area (Å²) in [6.07, 6.45) is 0.525. The van der Waals surface area contributed by atoms with E-state index < -0.39 is 48.0 Å². The summed E-state index contributed by atoms with van der Waals surface area (Å²) < 4.78 is 9.94. The van der Waals surface area contributed by atoms with Gasteiger partial charge < -0.3 is 30.8 Å². The number of hydrogen-bond acceptors (Lipinski definition) is 6. The summed E-state index contributed by atoms with van der Waals surface area (Å²) in [5, 5.41) is 5.76. The summed E-state index contributed by atoms with van der Waals surface area (Å²) in [6.45, 7) is 4.97. The molecule has 3 amide bonds. The lowest BCUT2D eigenvalue weighted by atomic mass is 10.0. The van der Waals surface area contributed by atoms with Crippen LogP contribution in [0, 0.1) is 0 Å². The number of hydrogen-bond donors (Lipinski definition) is 4. The molecule has 0 radical (unpaired) electrons. The van der Waals surface area contributed by atoms with Gasteiger partial charge in [0.25, 0.3) is 0 Å². The number of nitrogens with one attached hydrogen (secondary N) is 3. The number of primary amides is 1. The maximum Gasteiger partial charge on any atom is 0.408 e. The molecule has 31 heavy (non-hydrogen) atoms. The third-order valence-corrected chi connectivity index (χ3v) is 4.31. The second-order valence-electron chi connectivity index (χ2n) is 8.02. The van der Waals surface area contributed by atoms with E-state index in [1.165, 1.54) is 7.11 Å². The molecule has 5 N–H and O–H groups in total. The monoisotopic (exact) mass is 432 g/mol. The Balaban J connectivity index is 2.18. The summed E-state index contributed by atoms with van der Waals surface area (Å²) in [7, 11) is 1.20. The van der Waals surface area contributed by atoms with E-state index in [0.717, 1.165) is 16.5 Å². The number of rotatable bonds is 8. The van der Waals surface area contributed by atoms with Gasteiger partial charge in [0.2, 0.25) is 11.8 Å². The Kier molecular flexibility index (Phi) is 7.62. The molecular weight excluding hydrogens is 404 g/mol. The first-order chi connectivity index (χ1) is 14.5. The van der Waals surface area contributed by atoms with Gasteiger partial charge in [-0.25, -0.2) is 9.59 Å². The Bertz CT molecular complexity index is 962. The van der Waals surface area contributed by atoms with E-state index in [0.29, 0.717) is 0 Å². The molecule has 0 aliphatic heterocycles. The number of aromatic amines is 1. The molecule has 1 heterocycles. The van der Waals surface area contributed by atoms with Crippen molar-refractivity contribution in [2.75, 3.05) is 7.11 Å². The SMILES string of the molecule is COC(=O)C(Cc1c[nH]c2ccccc12)NC(=O)C(CC(N)=O)NC(=O)OC(C)(C)C. The van der Waals surface area contributed by atoms with E-state index in [1.54, 1.807) is 27.0 Å². The predicted octanol–water partition coefficient (Wildman–Crippen LogP) is 1.14. The Morgan fingerprint density at radius 3 is 2.39 bits per heavy atom. The van der Waals surface area contributed by atoms with Gasteiger partial charge in [0.15, 0.2) is 0 Å². The molecule has 0 bridgehead atoms. The zero-order chi connectivity index (χ0) is 23.2. The van der Waals surface area contributed by atoms with Crippen LogP contribution in [0.25, 0.3) is 10.9 Å². The Morgan fingerprint density at radius 2 is 1.77 bits per heavy atom. The van der Waals surface area contributed by atoms with Crippen molar-refractivity contribution >= 4 is 34.8 Å². The van der Waals surface area contributed by atoms with Gasteiger partial charge >= 0.3 is 12.1 Å². The summed E-state index contributed by atoms with van der Waals surface area (Å²) in [5.41, 5.74) is 6.08. The second-order valence-corrected chi connectivity index (χ2v) is 8.02. The molecule has 0 saturated heterocycles. The van der Waals surface area contributed by atoms with Crippen molar-refractivity contribution in [3.63, 3.8) is 0 Å². The largest absolute Gasteiger partial charge is 0.467 e. The number of fused-ring (bicyclic) bond motifs is 1. The number of amides is 3. The molecule has 2 aromatic rings. The zero-order valence-corrected chi connectivity index (χ0v) is 18.0. The number of esters is 1. The summed E-state index contributed by atoms with van der Waals surface area (Å²) in [4.78, 5) is 51.7. The number of ether oxygens (including phenoxy) is 2. The number of H-pyrrole nitrogens is 1. The van der Waals surface area contributed by atoms with Crippen LogP contribution in [0.15, 0.2) is 30.5 Å². The normalized spacial score (nSPS) is 13.2. The average molecular weight is 432 g/mol. The smallest absolute Gasteiger partial charge is 0.408 e. The maximum atomic E-state index is 12.8. The van der Waals surface area contributed by atoms with E-state index in [1.807, 2.05) is 24.3 Å². The van der Waals surface area contributed by atoms with Crippen LogP contribution in [0.2, 0.25) is 0 Å². The minimum atomic E-state index is -1.32. The van der Waals surface area contributed by atoms with Crippen LogP contribution < -0.4 is 16.4 Å². The van der Waals surface area contributed by atoms with Crippen LogP contribution in [-0.4, -0.2) is 53.7 Å². The molecule has 2 atom stereocenters. The van der Waals surface area contributed by atoms with E-state index in [4.69, 9.17) is 15.2 Å². The van der Waals surface area contributed by atoms with Crippen LogP contribution in [0.5, 0.6) is 0 Å². The Morgan fingerprint density at radius 1 is 1.10 bits per heavy atom. The molecule has 0 spiro atoms. The van der Waals surface area contributed by atoms with Crippen molar-refractivity contribution in [3.8, 4) is 0 Å². The fourth-order valence-corrected chi connectivity index (χ4v) is 2.99. The highest BCUT2D eigenvalue weighted by Crippen LogP contribution is 2.19. The lowest BCUT2D eigenvalue weighted by molar-refractivity contribution is -0.145. The predicted molar refractivity (Wildman–Crippen MR) is 113 cm³/mol. The van der Waals surface area contributed by atoms with Crippen molar-refractivity contribution < 1.29 is 28.7 Å². The van der Waals surface area contributed by atoms with Gasteiger partial charge in [0, 0.05) is 23.5 Å². The Labute approximate surface area is 179 Å². The third kappa shape index (κ3) is 7.02. The standard InChI is InChI=1S/C21H28N4O6/c1-21(2,3)31-20(29)25-15(10-17(22)26)18(27)24-16(19(28)30-4)9-12-11-23-14-8-6-5-7-13(12)14/h5-8,11,15-16,23H,9-10H2,1-4H3,(H2,22,26)(H,24,27)(H,25,29). The molecule has 10 nitrogen and oxygen atoms in total. The van der Waals surface area contributed by atoms with Crippen LogP contribution in [0.1, 0.15) is 32.8 Å². The van der Waals surface area contributed by atoms with Crippen molar-refractivity contribution in [2.45, 2.75) is 51.3 Å². The fourth-order valence-electron chi connectivity index (χ4n) is 2.99. The van der Waals surface area contributed by atoms with Gasteiger partial charge in [0.1, 0.15) is 17.7 Å². The van der Waals surface area contributed by atoms with Crippen molar-refractivity contribution in [3.05, 3.63) is 36.0 Å². The van der Waals surface area contributed by atoms with E-state index >= 15 is 0 Å². The van der Waals surface area contributed by atoms with Gasteiger partial charge in [-0.05, 0) is 32.4 Å². The van der Waals surface area contributed by atoms with Crippen molar-refractivity contribution in [1.29, 1.82) is 0 Å². The Hall–Kier alpha value is -3.56. The fraction of sp³-hybridized carbons (Fsp3) is 0.429. The van der Waals surface area contributed by atoms with Crippen LogP contribution >= 0.6 is 0 Å². The summed E-state index contributed by atoms with van der Waals surface area (Å²) in [5.74, 6) is -2.24. The average Bonchev–Trinajstić information content (AvgIpc) is 3.07. The molecule has 1 aromatic carbocycles. The maximum absolute atomic E-state index is 12.8. The molecule has 168 valence electrons. The number of carbonyl (C=O) groups is 4. The molecule has 1 aromatic heterocycles. The molecule has 2 unspecified atom stereocenters. The number of carbonyl (C=O) groups excluding carboxylic acids is 4.